The molecular formula is C15H15ClN2OS. The fourth-order valence-corrected chi connectivity index (χ4v) is 2.81. The standard InChI is InChI=1S/C15H15ClN2OS/c16-18(15(19)14-7-4-8-17-11-14)9-10-20-12-13-5-2-1-3-6-13/h1-8,11H,9-10,12H2. The van der Waals surface area contributed by atoms with Crippen LogP contribution in [0.15, 0.2) is 54.9 Å². The maximum Gasteiger partial charge on any atom is 0.269 e. The first kappa shape index (κ1) is 14.9. The molecule has 1 aromatic heterocycles. The molecule has 0 radical (unpaired) electrons. The van der Waals surface area contributed by atoms with Gasteiger partial charge in [-0.1, -0.05) is 30.3 Å². The van der Waals surface area contributed by atoms with Crippen LogP contribution < -0.4 is 0 Å². The Morgan fingerprint density at radius 2 is 2.00 bits per heavy atom. The van der Waals surface area contributed by atoms with Gasteiger partial charge in [0.25, 0.3) is 5.91 Å². The molecule has 0 aliphatic rings. The number of carbonyl (C=O) groups excluding carboxylic acids is 1. The third kappa shape index (κ3) is 4.54. The van der Waals surface area contributed by atoms with Crippen LogP contribution in [0.4, 0.5) is 0 Å². The van der Waals surface area contributed by atoms with Crippen molar-refractivity contribution in [2.75, 3.05) is 12.3 Å². The molecule has 20 heavy (non-hydrogen) atoms. The van der Waals surface area contributed by atoms with E-state index in [2.05, 4.69) is 17.1 Å². The summed E-state index contributed by atoms with van der Waals surface area (Å²) in [6.45, 7) is 0.507. The number of rotatable bonds is 6. The van der Waals surface area contributed by atoms with Crippen LogP contribution >= 0.6 is 23.5 Å². The molecule has 0 saturated heterocycles. The van der Waals surface area contributed by atoms with Gasteiger partial charge in [0.15, 0.2) is 0 Å². The Morgan fingerprint density at radius 1 is 1.20 bits per heavy atom. The Bertz CT molecular complexity index is 536. The summed E-state index contributed by atoms with van der Waals surface area (Å²) in [5.41, 5.74) is 1.78. The van der Waals surface area contributed by atoms with Crippen LogP contribution in [0.25, 0.3) is 0 Å². The number of halogens is 1. The first-order chi connectivity index (χ1) is 9.77. The lowest BCUT2D eigenvalue weighted by Crippen LogP contribution is -2.24. The predicted molar refractivity (Wildman–Crippen MR) is 83.7 cm³/mol. The summed E-state index contributed by atoms with van der Waals surface area (Å²) >= 11 is 7.74. The third-order valence-electron chi connectivity index (χ3n) is 2.67. The summed E-state index contributed by atoms with van der Waals surface area (Å²) in [6, 6.07) is 13.7. The van der Waals surface area contributed by atoms with Gasteiger partial charge in [-0.3, -0.25) is 9.78 Å². The summed E-state index contributed by atoms with van der Waals surface area (Å²) in [5.74, 6) is 1.51. The Kier molecular flexibility index (Phi) is 5.89. The highest BCUT2D eigenvalue weighted by Gasteiger charge is 2.13. The average molecular weight is 307 g/mol. The molecular weight excluding hydrogens is 292 g/mol. The van der Waals surface area contributed by atoms with E-state index in [0.717, 1.165) is 11.5 Å². The van der Waals surface area contributed by atoms with Gasteiger partial charge < -0.3 is 0 Å². The zero-order chi connectivity index (χ0) is 14.2. The van der Waals surface area contributed by atoms with Crippen molar-refractivity contribution in [3.63, 3.8) is 0 Å². The van der Waals surface area contributed by atoms with Gasteiger partial charge in [0.05, 0.1) is 5.56 Å². The zero-order valence-electron chi connectivity index (χ0n) is 10.9. The lowest BCUT2D eigenvalue weighted by molar-refractivity contribution is 0.0869. The van der Waals surface area contributed by atoms with Crippen LogP contribution in [0.2, 0.25) is 0 Å². The number of thioether (sulfide) groups is 1. The fraction of sp³-hybridized carbons (Fsp3) is 0.200. The van der Waals surface area contributed by atoms with Crippen LogP contribution in [-0.2, 0) is 5.75 Å². The lowest BCUT2D eigenvalue weighted by Gasteiger charge is -2.13. The monoisotopic (exact) mass is 306 g/mol. The van der Waals surface area contributed by atoms with E-state index < -0.39 is 0 Å². The highest BCUT2D eigenvalue weighted by molar-refractivity contribution is 7.98. The van der Waals surface area contributed by atoms with E-state index in [1.165, 1.54) is 16.2 Å². The van der Waals surface area contributed by atoms with Crippen molar-refractivity contribution in [2.45, 2.75) is 5.75 Å². The van der Waals surface area contributed by atoms with Gasteiger partial charge in [-0.05, 0) is 17.7 Å². The highest BCUT2D eigenvalue weighted by Crippen LogP contribution is 2.13. The van der Waals surface area contributed by atoms with Gasteiger partial charge in [-0.2, -0.15) is 11.8 Å². The predicted octanol–water partition coefficient (Wildman–Crippen LogP) is 3.61. The Balaban J connectivity index is 1.73. The second-order valence-corrected chi connectivity index (χ2v) is 5.68. The molecule has 0 unspecified atom stereocenters. The molecule has 5 heteroatoms. The maximum absolute atomic E-state index is 12.0. The summed E-state index contributed by atoms with van der Waals surface area (Å²) in [6.07, 6.45) is 3.15. The smallest absolute Gasteiger partial charge is 0.268 e. The first-order valence-corrected chi connectivity index (χ1v) is 7.76. The van der Waals surface area contributed by atoms with E-state index in [1.54, 1.807) is 30.1 Å². The van der Waals surface area contributed by atoms with Gasteiger partial charge in [0.1, 0.15) is 0 Å². The third-order valence-corrected chi connectivity index (χ3v) is 4.00. The lowest BCUT2D eigenvalue weighted by atomic mass is 10.2. The molecule has 0 bridgehead atoms. The minimum atomic E-state index is -0.208. The number of hydrogen-bond acceptors (Lipinski definition) is 3. The van der Waals surface area contributed by atoms with Crippen molar-refractivity contribution in [2.24, 2.45) is 0 Å². The van der Waals surface area contributed by atoms with Crippen LogP contribution in [0.5, 0.6) is 0 Å². The molecule has 0 fully saturated rings. The van der Waals surface area contributed by atoms with Gasteiger partial charge in [0.2, 0.25) is 0 Å². The minimum Gasteiger partial charge on any atom is -0.268 e. The van der Waals surface area contributed by atoms with Crippen LogP contribution in [0, 0.1) is 0 Å². The van der Waals surface area contributed by atoms with Gasteiger partial charge in [0, 0.05) is 42.2 Å². The second kappa shape index (κ2) is 7.92. The molecule has 0 N–H and O–H groups in total. The molecule has 0 aliphatic carbocycles. The molecule has 0 spiro atoms. The molecule has 104 valence electrons. The zero-order valence-corrected chi connectivity index (χ0v) is 12.5. The van der Waals surface area contributed by atoms with E-state index in [1.807, 2.05) is 18.2 Å². The topological polar surface area (TPSA) is 33.2 Å². The minimum absolute atomic E-state index is 0.208. The van der Waals surface area contributed by atoms with Crippen LogP contribution in [0.3, 0.4) is 0 Å². The number of nitrogens with zero attached hydrogens (tertiary/aromatic N) is 2. The molecule has 1 heterocycles. The largest absolute Gasteiger partial charge is 0.269 e. The summed E-state index contributed by atoms with van der Waals surface area (Å²) in [5, 5.41) is 0. The van der Waals surface area contributed by atoms with Crippen molar-refractivity contribution in [3.8, 4) is 0 Å². The van der Waals surface area contributed by atoms with Crippen molar-refractivity contribution >= 4 is 29.4 Å². The number of aromatic nitrogens is 1. The number of carbonyl (C=O) groups is 1. The second-order valence-electron chi connectivity index (χ2n) is 4.17. The molecule has 0 saturated carbocycles. The molecule has 1 aromatic carbocycles. The van der Waals surface area contributed by atoms with Crippen molar-refractivity contribution in [3.05, 3.63) is 66.0 Å². The van der Waals surface area contributed by atoms with Crippen LogP contribution in [0.1, 0.15) is 15.9 Å². The average Bonchev–Trinajstić information content (AvgIpc) is 2.52. The van der Waals surface area contributed by atoms with Crippen molar-refractivity contribution in [1.29, 1.82) is 0 Å². The van der Waals surface area contributed by atoms with E-state index in [0.29, 0.717) is 12.1 Å². The van der Waals surface area contributed by atoms with Crippen LogP contribution in [-0.4, -0.2) is 27.6 Å². The van der Waals surface area contributed by atoms with Gasteiger partial charge >= 0.3 is 0 Å². The van der Waals surface area contributed by atoms with E-state index in [-0.39, 0.29) is 5.91 Å². The van der Waals surface area contributed by atoms with E-state index in [9.17, 15) is 4.79 Å². The fourth-order valence-electron chi connectivity index (χ4n) is 1.64. The summed E-state index contributed by atoms with van der Waals surface area (Å²) in [7, 11) is 0. The van der Waals surface area contributed by atoms with Crippen molar-refractivity contribution < 1.29 is 4.79 Å². The SMILES string of the molecule is O=C(c1cccnc1)N(Cl)CCSCc1ccccc1. The Hall–Kier alpha value is -1.52. The molecule has 2 aromatic rings. The van der Waals surface area contributed by atoms with Gasteiger partial charge in [-0.25, -0.2) is 4.42 Å². The van der Waals surface area contributed by atoms with Crippen molar-refractivity contribution in [1.82, 2.24) is 9.40 Å². The molecule has 2 rings (SSSR count). The normalized spacial score (nSPS) is 10.2. The highest BCUT2D eigenvalue weighted by atomic mass is 35.5. The first-order valence-electron chi connectivity index (χ1n) is 6.26. The number of benzene rings is 1. The summed E-state index contributed by atoms with van der Waals surface area (Å²) in [4.78, 5) is 15.9. The summed E-state index contributed by atoms with van der Waals surface area (Å²) < 4.78 is 1.22. The molecule has 1 amide bonds. The van der Waals surface area contributed by atoms with Gasteiger partial charge in [-0.15, -0.1) is 0 Å². The quantitative estimate of drug-likeness (QED) is 0.604. The maximum atomic E-state index is 12.0. The number of hydrogen-bond donors (Lipinski definition) is 0. The van der Waals surface area contributed by atoms with E-state index >= 15 is 0 Å². The Labute approximate surface area is 128 Å². The van der Waals surface area contributed by atoms with E-state index in [4.69, 9.17) is 11.8 Å². The molecule has 0 aliphatic heterocycles. The number of pyridine rings is 1. The Morgan fingerprint density at radius 3 is 2.70 bits per heavy atom. The molecule has 0 atom stereocenters. The molecule has 3 nitrogen and oxygen atoms in total. The number of amides is 1.